The molecule has 0 spiro atoms. The van der Waals surface area contributed by atoms with Crippen LogP contribution in [0.3, 0.4) is 0 Å². The lowest BCUT2D eigenvalue weighted by Crippen LogP contribution is -2.43. The van der Waals surface area contributed by atoms with Crippen LogP contribution in [-0.2, 0) is 9.47 Å². The molecule has 27 heavy (non-hydrogen) atoms. The van der Waals surface area contributed by atoms with Crippen LogP contribution in [0.25, 0.3) is 6.08 Å². The van der Waals surface area contributed by atoms with Crippen molar-refractivity contribution in [1.29, 1.82) is 0 Å². The molecule has 0 radical (unpaired) electrons. The molecule has 6 nitrogen and oxygen atoms in total. The first-order chi connectivity index (χ1) is 12.8. The maximum absolute atomic E-state index is 12.5. The topological polar surface area (TPSA) is 59.1 Å². The minimum absolute atomic E-state index is 0.267. The number of benzene rings is 1. The second-order valence-corrected chi connectivity index (χ2v) is 8.06. The van der Waals surface area contributed by atoms with E-state index in [1.807, 2.05) is 57.2 Å². The summed E-state index contributed by atoms with van der Waals surface area (Å²) in [6.07, 6.45) is 5.01. The predicted molar refractivity (Wildman–Crippen MR) is 105 cm³/mol. The number of nitrogens with zero attached hydrogens (tertiary/aromatic N) is 2. The van der Waals surface area contributed by atoms with Gasteiger partial charge in [0.1, 0.15) is 5.60 Å². The van der Waals surface area contributed by atoms with E-state index in [9.17, 15) is 9.59 Å². The number of ether oxygens (including phenoxy) is 2. The first-order valence-electron chi connectivity index (χ1n) is 9.51. The van der Waals surface area contributed by atoms with Gasteiger partial charge in [-0.25, -0.2) is 9.59 Å². The highest BCUT2D eigenvalue weighted by Gasteiger charge is 2.28. The van der Waals surface area contributed by atoms with E-state index in [0.717, 1.165) is 24.1 Å². The Balaban J connectivity index is 1.46. The summed E-state index contributed by atoms with van der Waals surface area (Å²) in [6, 6.07) is 7.79. The van der Waals surface area contributed by atoms with Crippen molar-refractivity contribution in [3.05, 3.63) is 35.9 Å². The molecule has 3 rings (SSSR count). The monoisotopic (exact) mass is 372 g/mol. The number of hydrogen-bond acceptors (Lipinski definition) is 4. The van der Waals surface area contributed by atoms with Gasteiger partial charge in [0.05, 0.1) is 12.3 Å². The molecule has 2 amide bonds. The summed E-state index contributed by atoms with van der Waals surface area (Å²) < 4.78 is 11.0. The van der Waals surface area contributed by atoms with E-state index in [-0.39, 0.29) is 18.1 Å². The largest absolute Gasteiger partial charge is 0.449 e. The van der Waals surface area contributed by atoms with E-state index in [2.05, 4.69) is 0 Å². The van der Waals surface area contributed by atoms with Gasteiger partial charge in [0, 0.05) is 19.6 Å². The number of hydrogen-bond donors (Lipinski definition) is 0. The fourth-order valence-electron chi connectivity index (χ4n) is 3.31. The third-order valence-corrected chi connectivity index (χ3v) is 4.74. The van der Waals surface area contributed by atoms with Crippen LogP contribution in [0.4, 0.5) is 15.3 Å². The van der Waals surface area contributed by atoms with Gasteiger partial charge in [-0.05, 0) is 51.2 Å². The molecular weight excluding hydrogens is 344 g/mol. The van der Waals surface area contributed by atoms with Crippen molar-refractivity contribution in [3.8, 4) is 0 Å². The van der Waals surface area contributed by atoms with Crippen LogP contribution < -0.4 is 4.90 Å². The number of carbonyl (C=O) groups excluding carboxylic acids is 2. The molecule has 0 saturated carbocycles. The molecule has 0 bridgehead atoms. The van der Waals surface area contributed by atoms with E-state index >= 15 is 0 Å². The number of para-hydroxylation sites is 1. The lowest BCUT2D eigenvalue weighted by atomic mass is 9.98. The van der Waals surface area contributed by atoms with E-state index in [0.29, 0.717) is 26.2 Å². The molecule has 0 atom stereocenters. The molecule has 2 heterocycles. The van der Waals surface area contributed by atoms with Gasteiger partial charge >= 0.3 is 12.2 Å². The number of carbonyl (C=O) groups is 2. The molecule has 146 valence electrons. The Labute approximate surface area is 160 Å². The maximum atomic E-state index is 12.5. The fourth-order valence-corrected chi connectivity index (χ4v) is 3.31. The first-order valence-corrected chi connectivity index (χ1v) is 9.51. The Morgan fingerprint density at radius 2 is 1.81 bits per heavy atom. The number of rotatable bonds is 2. The van der Waals surface area contributed by atoms with Crippen molar-refractivity contribution in [2.45, 2.75) is 39.2 Å². The van der Waals surface area contributed by atoms with Crippen molar-refractivity contribution in [1.82, 2.24) is 4.90 Å². The summed E-state index contributed by atoms with van der Waals surface area (Å²) in [5, 5.41) is 0. The summed E-state index contributed by atoms with van der Waals surface area (Å²) in [5.41, 5.74) is 1.42. The van der Waals surface area contributed by atoms with Crippen LogP contribution in [0.1, 0.15) is 39.2 Å². The smallest absolute Gasteiger partial charge is 0.414 e. The lowest BCUT2D eigenvalue weighted by Gasteiger charge is -2.33. The minimum Gasteiger partial charge on any atom is -0.449 e. The minimum atomic E-state index is -0.483. The highest BCUT2D eigenvalue weighted by molar-refractivity contribution is 5.92. The number of amides is 2. The van der Waals surface area contributed by atoms with Crippen molar-refractivity contribution in [2.24, 2.45) is 5.92 Å². The van der Waals surface area contributed by atoms with Gasteiger partial charge in [-0.2, -0.15) is 0 Å². The second kappa shape index (κ2) is 8.03. The van der Waals surface area contributed by atoms with Gasteiger partial charge in [-0.3, -0.25) is 4.90 Å². The molecule has 0 N–H and O–H groups in total. The van der Waals surface area contributed by atoms with Crippen LogP contribution in [-0.4, -0.2) is 48.9 Å². The molecule has 1 saturated heterocycles. The normalized spacial score (nSPS) is 17.4. The third kappa shape index (κ3) is 5.02. The molecule has 0 unspecified atom stereocenters. The Morgan fingerprint density at radius 3 is 2.52 bits per heavy atom. The number of fused-ring (bicyclic) bond motifs is 1. The Kier molecular flexibility index (Phi) is 5.73. The van der Waals surface area contributed by atoms with Gasteiger partial charge in [0.2, 0.25) is 0 Å². The Morgan fingerprint density at radius 1 is 1.11 bits per heavy atom. The van der Waals surface area contributed by atoms with Crippen LogP contribution in [0.2, 0.25) is 0 Å². The third-order valence-electron chi connectivity index (χ3n) is 4.74. The standard InChI is InChI=1S/C21H28N2O4/c1-21(2,3)27-19(24)22-13-10-16(11-14-22)15-26-20(25)23-12-6-8-17-7-4-5-9-18(17)23/h4-9,16H,10-15H2,1-3H3. The van der Waals surface area contributed by atoms with E-state index < -0.39 is 5.60 Å². The highest BCUT2D eigenvalue weighted by Crippen LogP contribution is 2.26. The average Bonchev–Trinajstić information content (AvgIpc) is 2.64. The van der Waals surface area contributed by atoms with Gasteiger partial charge in [0.25, 0.3) is 0 Å². The quantitative estimate of drug-likeness (QED) is 0.776. The van der Waals surface area contributed by atoms with Crippen molar-refractivity contribution < 1.29 is 19.1 Å². The lowest BCUT2D eigenvalue weighted by molar-refractivity contribution is 0.0151. The van der Waals surface area contributed by atoms with Crippen molar-refractivity contribution in [3.63, 3.8) is 0 Å². The average molecular weight is 372 g/mol. The molecule has 2 aliphatic rings. The summed E-state index contributed by atoms with van der Waals surface area (Å²) in [4.78, 5) is 28.0. The van der Waals surface area contributed by atoms with Crippen molar-refractivity contribution in [2.75, 3.05) is 31.1 Å². The highest BCUT2D eigenvalue weighted by atomic mass is 16.6. The SMILES string of the molecule is CC(C)(C)OC(=O)N1CCC(COC(=O)N2CC=Cc3ccccc32)CC1. The zero-order chi connectivity index (χ0) is 19.4. The maximum Gasteiger partial charge on any atom is 0.414 e. The molecule has 0 aliphatic carbocycles. The van der Waals surface area contributed by atoms with E-state index in [4.69, 9.17) is 9.47 Å². The fraction of sp³-hybridized carbons (Fsp3) is 0.524. The number of likely N-dealkylation sites (tertiary alicyclic amines) is 1. The second-order valence-electron chi connectivity index (χ2n) is 8.06. The van der Waals surface area contributed by atoms with E-state index in [1.165, 1.54) is 0 Å². The Bertz CT molecular complexity index is 715. The molecule has 0 aromatic heterocycles. The molecule has 2 aliphatic heterocycles. The van der Waals surface area contributed by atoms with Gasteiger partial charge in [0.15, 0.2) is 0 Å². The predicted octanol–water partition coefficient (Wildman–Crippen LogP) is 4.30. The molecular formula is C21H28N2O4. The van der Waals surface area contributed by atoms with Crippen molar-refractivity contribution >= 4 is 23.9 Å². The number of anilines is 1. The van der Waals surface area contributed by atoms with Crippen LogP contribution in [0, 0.1) is 5.92 Å². The van der Waals surface area contributed by atoms with E-state index in [1.54, 1.807) is 9.80 Å². The zero-order valence-electron chi connectivity index (χ0n) is 16.3. The molecule has 1 fully saturated rings. The molecule has 1 aromatic carbocycles. The van der Waals surface area contributed by atoms with Gasteiger partial charge in [-0.1, -0.05) is 30.4 Å². The summed E-state index contributed by atoms with van der Waals surface area (Å²) in [5.74, 6) is 0.267. The van der Waals surface area contributed by atoms with Crippen LogP contribution in [0.15, 0.2) is 30.3 Å². The zero-order valence-corrected chi connectivity index (χ0v) is 16.3. The summed E-state index contributed by atoms with van der Waals surface area (Å²) in [7, 11) is 0. The number of piperidine rings is 1. The summed E-state index contributed by atoms with van der Waals surface area (Å²) >= 11 is 0. The van der Waals surface area contributed by atoms with Crippen LogP contribution in [0.5, 0.6) is 0 Å². The summed E-state index contributed by atoms with van der Waals surface area (Å²) in [6.45, 7) is 7.76. The molecule has 1 aromatic rings. The van der Waals surface area contributed by atoms with Crippen LogP contribution >= 0.6 is 0 Å². The molecule has 6 heteroatoms. The van der Waals surface area contributed by atoms with Gasteiger partial charge in [-0.15, -0.1) is 0 Å². The first kappa shape index (κ1) is 19.3. The van der Waals surface area contributed by atoms with Gasteiger partial charge < -0.3 is 14.4 Å². The Hall–Kier alpha value is -2.50.